The summed E-state index contributed by atoms with van der Waals surface area (Å²) < 4.78 is 17.6. The highest BCUT2D eigenvalue weighted by Crippen LogP contribution is 2.31. The molecule has 0 saturated heterocycles. The number of rotatable bonds is 13. The second-order valence-corrected chi connectivity index (χ2v) is 9.02. The number of ether oxygens (including phenoxy) is 3. The third-order valence-electron chi connectivity index (χ3n) is 6.16. The Morgan fingerprint density at radius 1 is 0.718 bits per heavy atom. The second kappa shape index (κ2) is 13.8. The van der Waals surface area contributed by atoms with E-state index in [1.807, 2.05) is 91.0 Å². The molecule has 200 valence electrons. The predicted octanol–water partition coefficient (Wildman–Crippen LogP) is 4.74. The molecule has 0 aliphatic rings. The summed E-state index contributed by atoms with van der Waals surface area (Å²) in [7, 11) is 1.45. The van der Waals surface area contributed by atoms with Gasteiger partial charge in [0.15, 0.2) is 17.6 Å². The van der Waals surface area contributed by atoms with Gasteiger partial charge in [-0.15, -0.1) is 0 Å². The molecule has 7 nitrogen and oxygen atoms in total. The molecule has 0 aliphatic heterocycles. The first-order valence-corrected chi connectivity index (χ1v) is 12.7. The van der Waals surface area contributed by atoms with Gasteiger partial charge < -0.3 is 25.3 Å². The molecule has 2 atom stereocenters. The number of carbonyl (C=O) groups is 2. The van der Waals surface area contributed by atoms with Crippen LogP contribution in [0.3, 0.4) is 0 Å². The number of nitrogens with two attached hydrogens (primary N) is 1. The minimum Gasteiger partial charge on any atom is -0.485 e. The SMILES string of the molecule is CO[C@H](C(=O)N[C@H](Cc1ccc(OCc2ccccc2)c(OCc2ccccc2)c1)C(N)=O)c1ccccc1. The summed E-state index contributed by atoms with van der Waals surface area (Å²) in [6.45, 7) is 0.717. The summed E-state index contributed by atoms with van der Waals surface area (Å²) in [5, 5.41) is 2.74. The number of methoxy groups -OCH3 is 1. The van der Waals surface area contributed by atoms with E-state index in [9.17, 15) is 9.59 Å². The van der Waals surface area contributed by atoms with Gasteiger partial charge in [0, 0.05) is 13.5 Å². The average molecular weight is 525 g/mol. The molecule has 0 bridgehead atoms. The van der Waals surface area contributed by atoms with E-state index in [1.54, 1.807) is 18.2 Å². The maximum absolute atomic E-state index is 13.0. The van der Waals surface area contributed by atoms with Gasteiger partial charge in [-0.05, 0) is 34.4 Å². The van der Waals surface area contributed by atoms with Crippen molar-refractivity contribution in [2.24, 2.45) is 5.73 Å². The fourth-order valence-electron chi connectivity index (χ4n) is 4.11. The standard InChI is InChI=1S/C32H32N2O5/c1-37-30(26-15-9-4-10-16-26)32(36)34-27(31(33)35)19-25-17-18-28(38-21-23-11-5-2-6-12-23)29(20-25)39-22-24-13-7-3-8-14-24/h2-18,20,27,30H,19,21-22H2,1H3,(H2,33,35)(H,34,36)/t27-,30+/m1/s1. The van der Waals surface area contributed by atoms with Crippen molar-refractivity contribution < 1.29 is 23.8 Å². The maximum atomic E-state index is 13.0. The third-order valence-corrected chi connectivity index (χ3v) is 6.16. The third kappa shape index (κ3) is 7.93. The van der Waals surface area contributed by atoms with Crippen LogP contribution in [0.15, 0.2) is 109 Å². The fraction of sp³-hybridized carbons (Fsp3) is 0.188. The molecule has 0 spiro atoms. The lowest BCUT2D eigenvalue weighted by molar-refractivity contribution is -0.134. The molecule has 4 rings (SSSR count). The number of primary amides is 1. The Bertz CT molecular complexity index is 1350. The van der Waals surface area contributed by atoms with Crippen molar-refractivity contribution in [1.82, 2.24) is 5.32 Å². The molecule has 3 N–H and O–H groups in total. The first-order valence-electron chi connectivity index (χ1n) is 12.7. The zero-order valence-electron chi connectivity index (χ0n) is 21.8. The Balaban J connectivity index is 1.51. The highest BCUT2D eigenvalue weighted by molar-refractivity contribution is 5.89. The fourth-order valence-corrected chi connectivity index (χ4v) is 4.11. The Morgan fingerprint density at radius 2 is 1.26 bits per heavy atom. The van der Waals surface area contributed by atoms with Crippen LogP contribution in [0.1, 0.15) is 28.4 Å². The van der Waals surface area contributed by atoms with Gasteiger partial charge in [-0.2, -0.15) is 0 Å². The van der Waals surface area contributed by atoms with Gasteiger partial charge in [0.25, 0.3) is 5.91 Å². The number of nitrogens with one attached hydrogen (secondary N) is 1. The first kappa shape index (κ1) is 27.4. The van der Waals surface area contributed by atoms with Crippen molar-refractivity contribution in [2.75, 3.05) is 7.11 Å². The molecule has 39 heavy (non-hydrogen) atoms. The van der Waals surface area contributed by atoms with Crippen molar-refractivity contribution >= 4 is 11.8 Å². The van der Waals surface area contributed by atoms with E-state index in [0.717, 1.165) is 16.7 Å². The highest BCUT2D eigenvalue weighted by Gasteiger charge is 2.26. The van der Waals surface area contributed by atoms with E-state index in [4.69, 9.17) is 19.9 Å². The van der Waals surface area contributed by atoms with E-state index < -0.39 is 24.0 Å². The summed E-state index contributed by atoms with van der Waals surface area (Å²) in [6, 6.07) is 33.2. The molecule has 0 heterocycles. The molecule has 0 aliphatic carbocycles. The van der Waals surface area contributed by atoms with Gasteiger partial charge >= 0.3 is 0 Å². The minimum absolute atomic E-state index is 0.174. The molecule has 0 saturated carbocycles. The topological polar surface area (TPSA) is 99.9 Å². The van der Waals surface area contributed by atoms with Crippen LogP contribution in [0.5, 0.6) is 11.5 Å². The number of hydrogen-bond acceptors (Lipinski definition) is 5. The Morgan fingerprint density at radius 3 is 1.79 bits per heavy atom. The lowest BCUT2D eigenvalue weighted by Gasteiger charge is -2.21. The molecule has 0 fully saturated rings. The highest BCUT2D eigenvalue weighted by atomic mass is 16.5. The molecule has 0 aromatic heterocycles. The lowest BCUT2D eigenvalue weighted by atomic mass is 10.0. The smallest absolute Gasteiger partial charge is 0.254 e. The van der Waals surface area contributed by atoms with Crippen molar-refractivity contribution in [2.45, 2.75) is 31.8 Å². The second-order valence-electron chi connectivity index (χ2n) is 9.02. The van der Waals surface area contributed by atoms with Gasteiger partial charge in [-0.25, -0.2) is 0 Å². The van der Waals surface area contributed by atoms with Gasteiger partial charge in [0.1, 0.15) is 19.3 Å². The summed E-state index contributed by atoms with van der Waals surface area (Å²) in [5.41, 5.74) is 9.14. The van der Waals surface area contributed by atoms with Crippen LogP contribution in [0.25, 0.3) is 0 Å². The number of benzene rings is 4. The molecule has 4 aromatic rings. The zero-order valence-corrected chi connectivity index (χ0v) is 21.8. The summed E-state index contributed by atoms with van der Waals surface area (Å²) in [5.74, 6) is 0.000826. The van der Waals surface area contributed by atoms with Gasteiger partial charge in [-0.1, -0.05) is 97.1 Å². The Labute approximate surface area is 228 Å². The van der Waals surface area contributed by atoms with Gasteiger partial charge in [-0.3, -0.25) is 9.59 Å². The summed E-state index contributed by atoms with van der Waals surface area (Å²) in [4.78, 5) is 25.3. The molecule has 0 radical (unpaired) electrons. The molecule has 0 unspecified atom stereocenters. The minimum atomic E-state index is -0.947. The van der Waals surface area contributed by atoms with E-state index >= 15 is 0 Å². The van der Waals surface area contributed by atoms with E-state index in [1.165, 1.54) is 7.11 Å². The normalized spacial score (nSPS) is 12.2. The first-order chi connectivity index (χ1) is 19.0. The lowest BCUT2D eigenvalue weighted by Crippen LogP contribution is -2.47. The molecular weight excluding hydrogens is 492 g/mol. The van der Waals surface area contributed by atoms with E-state index in [-0.39, 0.29) is 6.42 Å². The average Bonchev–Trinajstić information content (AvgIpc) is 2.97. The molecule has 7 heteroatoms. The van der Waals surface area contributed by atoms with Crippen LogP contribution in [0, 0.1) is 0 Å². The van der Waals surface area contributed by atoms with Gasteiger partial charge in [0.2, 0.25) is 5.91 Å². The number of hydrogen-bond donors (Lipinski definition) is 2. The maximum Gasteiger partial charge on any atom is 0.254 e. The zero-order chi connectivity index (χ0) is 27.5. The van der Waals surface area contributed by atoms with Crippen molar-refractivity contribution in [3.63, 3.8) is 0 Å². The largest absolute Gasteiger partial charge is 0.485 e. The molecule has 4 aromatic carbocycles. The van der Waals surface area contributed by atoms with Gasteiger partial charge in [0.05, 0.1) is 0 Å². The number of amides is 2. The quantitative estimate of drug-likeness (QED) is 0.263. The Hall–Kier alpha value is -4.62. The van der Waals surface area contributed by atoms with Crippen molar-refractivity contribution in [3.8, 4) is 11.5 Å². The van der Waals surface area contributed by atoms with Crippen LogP contribution >= 0.6 is 0 Å². The molecule has 2 amide bonds. The van der Waals surface area contributed by atoms with Crippen LogP contribution < -0.4 is 20.5 Å². The summed E-state index contributed by atoms with van der Waals surface area (Å²) >= 11 is 0. The Kier molecular flexibility index (Phi) is 9.69. The van der Waals surface area contributed by atoms with Crippen molar-refractivity contribution in [1.29, 1.82) is 0 Å². The van der Waals surface area contributed by atoms with Crippen LogP contribution in [0.2, 0.25) is 0 Å². The van der Waals surface area contributed by atoms with E-state index in [0.29, 0.717) is 30.3 Å². The monoisotopic (exact) mass is 524 g/mol. The van der Waals surface area contributed by atoms with Crippen LogP contribution in [-0.2, 0) is 34.0 Å². The van der Waals surface area contributed by atoms with Crippen molar-refractivity contribution in [3.05, 3.63) is 131 Å². The van der Waals surface area contributed by atoms with Crippen LogP contribution in [-0.4, -0.2) is 25.0 Å². The molecular formula is C32H32N2O5. The number of carbonyl (C=O) groups excluding carboxylic acids is 2. The summed E-state index contributed by atoms with van der Waals surface area (Å²) in [6.07, 6.45) is -0.695. The predicted molar refractivity (Wildman–Crippen MR) is 149 cm³/mol. The van der Waals surface area contributed by atoms with E-state index in [2.05, 4.69) is 5.32 Å². The van der Waals surface area contributed by atoms with Crippen LogP contribution in [0.4, 0.5) is 0 Å².